The highest BCUT2D eigenvalue weighted by Gasteiger charge is 2.11. The molecule has 3 nitrogen and oxygen atoms in total. The van der Waals surface area contributed by atoms with Gasteiger partial charge in [-0.15, -0.1) is 11.3 Å². The molecular formula is C15H13FO3S. The van der Waals surface area contributed by atoms with Crippen molar-refractivity contribution in [3.63, 3.8) is 0 Å². The minimum atomic E-state index is -0.644. The van der Waals surface area contributed by atoms with Crippen molar-refractivity contribution in [1.29, 1.82) is 0 Å². The van der Waals surface area contributed by atoms with Gasteiger partial charge in [0, 0.05) is 10.9 Å². The molecule has 0 unspecified atom stereocenters. The van der Waals surface area contributed by atoms with E-state index in [-0.39, 0.29) is 29.5 Å². The molecule has 0 saturated heterocycles. The number of hydrogen-bond acceptors (Lipinski definition) is 4. The van der Waals surface area contributed by atoms with Gasteiger partial charge in [-0.05, 0) is 38.1 Å². The van der Waals surface area contributed by atoms with E-state index in [9.17, 15) is 14.0 Å². The van der Waals surface area contributed by atoms with Crippen LogP contribution in [-0.2, 0) is 0 Å². The van der Waals surface area contributed by atoms with Crippen LogP contribution in [-0.4, -0.2) is 18.2 Å². The third-order valence-corrected chi connectivity index (χ3v) is 3.75. The summed E-state index contributed by atoms with van der Waals surface area (Å²) in [6.45, 7) is 3.05. The summed E-state index contributed by atoms with van der Waals surface area (Å²) >= 11 is 1.39. The van der Waals surface area contributed by atoms with E-state index in [0.717, 1.165) is 10.9 Å². The number of carbonyl (C=O) groups excluding carboxylic acids is 2. The van der Waals surface area contributed by atoms with Gasteiger partial charge in [-0.1, -0.05) is 0 Å². The lowest BCUT2D eigenvalue weighted by atomic mass is 10.1. The summed E-state index contributed by atoms with van der Waals surface area (Å²) in [6.07, 6.45) is 0. The van der Waals surface area contributed by atoms with E-state index in [1.807, 2.05) is 13.0 Å². The maximum absolute atomic E-state index is 13.6. The number of hydrogen-bond donors (Lipinski definition) is 0. The second-order valence-electron chi connectivity index (χ2n) is 4.32. The maximum Gasteiger partial charge on any atom is 0.210 e. The fraction of sp³-hybridized carbons (Fsp3) is 0.200. The van der Waals surface area contributed by atoms with Crippen LogP contribution in [0.1, 0.15) is 31.8 Å². The molecule has 0 aliphatic heterocycles. The Bertz CT molecular complexity index is 661. The molecule has 1 aromatic heterocycles. The summed E-state index contributed by atoms with van der Waals surface area (Å²) in [6, 6.07) is 7.55. The predicted octanol–water partition coefficient (Wildman–Crippen LogP) is 3.66. The van der Waals surface area contributed by atoms with Crippen molar-refractivity contribution in [2.45, 2.75) is 13.8 Å². The van der Waals surface area contributed by atoms with Crippen molar-refractivity contribution in [3.8, 4) is 5.75 Å². The van der Waals surface area contributed by atoms with Gasteiger partial charge in [0.1, 0.15) is 11.6 Å². The highest BCUT2D eigenvalue weighted by molar-refractivity contribution is 7.14. The van der Waals surface area contributed by atoms with Crippen molar-refractivity contribution in [2.24, 2.45) is 0 Å². The van der Waals surface area contributed by atoms with Crippen LogP contribution >= 0.6 is 11.3 Å². The number of thiophene rings is 1. The lowest BCUT2D eigenvalue weighted by Crippen LogP contribution is -2.10. The Morgan fingerprint density at radius 1 is 1.25 bits per heavy atom. The Morgan fingerprint density at radius 3 is 2.55 bits per heavy atom. The number of Topliss-reactive ketones (excluding diaryl/α,β-unsaturated/α-hetero) is 2. The predicted molar refractivity (Wildman–Crippen MR) is 75.3 cm³/mol. The van der Waals surface area contributed by atoms with Crippen LogP contribution in [0.25, 0.3) is 0 Å². The van der Waals surface area contributed by atoms with E-state index in [1.165, 1.54) is 30.4 Å². The highest BCUT2D eigenvalue weighted by Crippen LogP contribution is 2.19. The molecule has 2 rings (SSSR count). The summed E-state index contributed by atoms with van der Waals surface area (Å²) in [5, 5.41) is 0. The van der Waals surface area contributed by atoms with E-state index in [2.05, 4.69) is 0 Å². The summed E-state index contributed by atoms with van der Waals surface area (Å²) in [5.74, 6) is -0.915. The van der Waals surface area contributed by atoms with Gasteiger partial charge in [-0.2, -0.15) is 0 Å². The van der Waals surface area contributed by atoms with E-state index < -0.39 is 5.82 Å². The second kappa shape index (κ2) is 5.96. The van der Waals surface area contributed by atoms with Crippen LogP contribution in [0.3, 0.4) is 0 Å². The van der Waals surface area contributed by atoms with Crippen LogP contribution in [0.5, 0.6) is 5.75 Å². The third kappa shape index (κ3) is 3.30. The molecule has 0 fully saturated rings. The smallest absolute Gasteiger partial charge is 0.210 e. The number of aryl methyl sites for hydroxylation is 1. The molecule has 1 heterocycles. The Balaban J connectivity index is 2.02. The van der Waals surface area contributed by atoms with Gasteiger partial charge in [0.05, 0.1) is 10.4 Å². The molecule has 20 heavy (non-hydrogen) atoms. The lowest BCUT2D eigenvalue weighted by molar-refractivity contribution is 0.0924. The third-order valence-electron chi connectivity index (χ3n) is 2.70. The fourth-order valence-electron chi connectivity index (χ4n) is 1.68. The van der Waals surface area contributed by atoms with E-state index in [1.54, 1.807) is 6.07 Å². The van der Waals surface area contributed by atoms with Crippen molar-refractivity contribution in [1.82, 2.24) is 0 Å². The molecule has 0 bridgehead atoms. The molecule has 0 radical (unpaired) electrons. The van der Waals surface area contributed by atoms with Gasteiger partial charge in [0.25, 0.3) is 0 Å². The zero-order valence-electron chi connectivity index (χ0n) is 11.1. The molecule has 0 N–H and O–H groups in total. The number of rotatable bonds is 5. The quantitative estimate of drug-likeness (QED) is 0.790. The van der Waals surface area contributed by atoms with Crippen molar-refractivity contribution in [3.05, 3.63) is 51.5 Å². The largest absolute Gasteiger partial charge is 0.485 e. The highest BCUT2D eigenvalue weighted by atomic mass is 32.1. The van der Waals surface area contributed by atoms with Gasteiger partial charge in [0.2, 0.25) is 5.78 Å². The first-order valence-corrected chi connectivity index (χ1v) is 6.82. The zero-order valence-corrected chi connectivity index (χ0v) is 11.9. The standard InChI is InChI=1S/C15H13FO3S/c1-9-3-6-15(20-9)14(18)8-19-11-4-5-12(10(2)17)13(16)7-11/h3-7H,8H2,1-2H3. The molecule has 1 aromatic carbocycles. The van der Waals surface area contributed by atoms with E-state index in [4.69, 9.17) is 4.74 Å². The topological polar surface area (TPSA) is 43.4 Å². The molecule has 0 aliphatic rings. The van der Waals surface area contributed by atoms with Crippen LogP contribution in [0.15, 0.2) is 30.3 Å². The minimum absolute atomic E-state index is 0.0116. The van der Waals surface area contributed by atoms with Crippen LogP contribution in [0.4, 0.5) is 4.39 Å². The fourth-order valence-corrected chi connectivity index (χ4v) is 2.47. The molecule has 0 amide bonds. The Kier molecular flexibility index (Phi) is 4.29. The van der Waals surface area contributed by atoms with Crippen molar-refractivity contribution in [2.75, 3.05) is 6.61 Å². The van der Waals surface area contributed by atoms with E-state index in [0.29, 0.717) is 4.88 Å². The molecule has 104 valence electrons. The molecule has 2 aromatic rings. The monoisotopic (exact) mass is 292 g/mol. The van der Waals surface area contributed by atoms with Crippen molar-refractivity contribution >= 4 is 22.9 Å². The Labute approximate surface area is 120 Å². The normalized spacial score (nSPS) is 10.3. The van der Waals surface area contributed by atoms with Gasteiger partial charge in [0.15, 0.2) is 12.4 Å². The number of ether oxygens (including phenoxy) is 1. The maximum atomic E-state index is 13.6. The molecule has 0 saturated carbocycles. The van der Waals surface area contributed by atoms with Crippen LogP contribution in [0.2, 0.25) is 0 Å². The minimum Gasteiger partial charge on any atom is -0.485 e. The molecule has 0 spiro atoms. The summed E-state index contributed by atoms with van der Waals surface area (Å²) < 4.78 is 18.8. The Hall–Kier alpha value is -2.01. The molecule has 0 atom stereocenters. The summed E-state index contributed by atoms with van der Waals surface area (Å²) in [4.78, 5) is 24.6. The number of benzene rings is 1. The average Bonchev–Trinajstić information content (AvgIpc) is 2.82. The number of carbonyl (C=O) groups is 2. The number of ketones is 2. The summed E-state index contributed by atoms with van der Waals surface area (Å²) in [7, 11) is 0. The first kappa shape index (κ1) is 14.4. The number of halogens is 1. The van der Waals surface area contributed by atoms with Gasteiger partial charge >= 0.3 is 0 Å². The molecular weight excluding hydrogens is 279 g/mol. The summed E-state index contributed by atoms with van der Waals surface area (Å²) in [5.41, 5.74) is 0.0116. The second-order valence-corrected chi connectivity index (χ2v) is 5.61. The SMILES string of the molecule is CC(=O)c1ccc(OCC(=O)c2ccc(C)s2)cc1F. The lowest BCUT2D eigenvalue weighted by Gasteiger charge is -2.06. The van der Waals surface area contributed by atoms with Gasteiger partial charge in [-0.25, -0.2) is 4.39 Å². The first-order chi connectivity index (χ1) is 9.47. The van der Waals surface area contributed by atoms with Crippen LogP contribution < -0.4 is 4.74 Å². The van der Waals surface area contributed by atoms with Gasteiger partial charge < -0.3 is 4.74 Å². The molecule has 5 heteroatoms. The van der Waals surface area contributed by atoms with Gasteiger partial charge in [-0.3, -0.25) is 9.59 Å². The zero-order chi connectivity index (χ0) is 14.7. The first-order valence-electron chi connectivity index (χ1n) is 6.00. The Morgan fingerprint density at radius 2 is 2.00 bits per heavy atom. The van der Waals surface area contributed by atoms with Crippen LogP contribution in [0, 0.1) is 12.7 Å². The molecule has 0 aliphatic carbocycles. The van der Waals surface area contributed by atoms with E-state index >= 15 is 0 Å². The van der Waals surface area contributed by atoms with Crippen molar-refractivity contribution < 1.29 is 18.7 Å². The average molecular weight is 292 g/mol.